The lowest BCUT2D eigenvalue weighted by Crippen LogP contribution is -2.50. The van der Waals surface area contributed by atoms with Crippen LogP contribution in [0.1, 0.15) is 30.1 Å². The Hall–Kier alpha value is -1.86. The maximum atomic E-state index is 12.6. The molecule has 0 unspecified atom stereocenters. The number of hydrogen-bond donors (Lipinski definition) is 0. The van der Waals surface area contributed by atoms with Gasteiger partial charge in [0.25, 0.3) is 0 Å². The van der Waals surface area contributed by atoms with Crippen LogP contribution in [0.4, 0.5) is 0 Å². The second-order valence-electron chi connectivity index (χ2n) is 6.50. The van der Waals surface area contributed by atoms with Crippen LogP contribution in [0.3, 0.4) is 0 Å². The van der Waals surface area contributed by atoms with Crippen molar-refractivity contribution in [2.75, 3.05) is 18.8 Å². The van der Waals surface area contributed by atoms with Crippen LogP contribution in [0.5, 0.6) is 0 Å². The topological polar surface area (TPSA) is 60.3 Å². The normalized spacial score (nSPS) is 22.3. The molecule has 132 valence electrons. The van der Waals surface area contributed by atoms with Crippen LogP contribution >= 0.6 is 11.8 Å². The fraction of sp³-hybridized carbons (Fsp3) is 0.500. The lowest BCUT2D eigenvalue weighted by molar-refractivity contribution is -0.137. The molecule has 2 atom stereocenters. The summed E-state index contributed by atoms with van der Waals surface area (Å²) in [6, 6.07) is 10.5. The third-order valence-electron chi connectivity index (χ3n) is 4.85. The van der Waals surface area contributed by atoms with Gasteiger partial charge in [0.05, 0.1) is 30.6 Å². The Morgan fingerprint density at radius 3 is 3.08 bits per heavy atom. The molecule has 1 fully saturated rings. The van der Waals surface area contributed by atoms with E-state index >= 15 is 0 Å². The zero-order valence-corrected chi connectivity index (χ0v) is 14.9. The number of carbonyl (C=O) groups is 1. The molecule has 1 aromatic heterocycles. The van der Waals surface area contributed by atoms with Crippen LogP contribution in [0, 0.1) is 0 Å². The number of thioether (sulfide) groups is 1. The molecule has 0 radical (unpaired) electrons. The summed E-state index contributed by atoms with van der Waals surface area (Å²) < 4.78 is 7.84. The van der Waals surface area contributed by atoms with Gasteiger partial charge < -0.3 is 9.64 Å². The molecular weight excluding hydrogens is 336 g/mol. The van der Waals surface area contributed by atoms with E-state index in [0.717, 1.165) is 30.2 Å². The summed E-state index contributed by atoms with van der Waals surface area (Å²) in [5, 5.41) is 8.17. The van der Waals surface area contributed by atoms with Crippen LogP contribution in [0.25, 0.3) is 0 Å². The fourth-order valence-electron chi connectivity index (χ4n) is 3.49. The molecule has 6 nitrogen and oxygen atoms in total. The Balaban J connectivity index is 1.27. The van der Waals surface area contributed by atoms with Crippen molar-refractivity contribution in [1.29, 1.82) is 0 Å². The molecule has 2 aliphatic heterocycles. The number of rotatable bonds is 5. The molecule has 1 amide bonds. The van der Waals surface area contributed by atoms with Gasteiger partial charge in [-0.1, -0.05) is 35.5 Å². The van der Waals surface area contributed by atoms with Crippen LogP contribution in [-0.4, -0.2) is 50.7 Å². The predicted octanol–water partition coefficient (Wildman–Crippen LogP) is 2.27. The number of benzene rings is 1. The Morgan fingerprint density at radius 1 is 1.32 bits per heavy atom. The number of likely N-dealkylation sites (tertiary alicyclic amines) is 1. The van der Waals surface area contributed by atoms with Crippen molar-refractivity contribution in [2.45, 2.75) is 37.3 Å². The smallest absolute Gasteiger partial charge is 0.223 e. The maximum absolute atomic E-state index is 12.6. The van der Waals surface area contributed by atoms with Gasteiger partial charge in [0.2, 0.25) is 5.91 Å². The average molecular weight is 358 g/mol. The van der Waals surface area contributed by atoms with Crippen molar-refractivity contribution in [1.82, 2.24) is 19.9 Å². The van der Waals surface area contributed by atoms with Crippen LogP contribution in [0.15, 0.2) is 36.5 Å². The van der Waals surface area contributed by atoms with Crippen molar-refractivity contribution in [2.24, 2.45) is 0 Å². The number of carbonyl (C=O) groups excluding carboxylic acids is 1. The summed E-state index contributed by atoms with van der Waals surface area (Å²) in [7, 11) is 0. The average Bonchev–Trinajstić information content (AvgIpc) is 3.15. The van der Waals surface area contributed by atoms with E-state index in [0.29, 0.717) is 19.6 Å². The molecule has 7 heteroatoms. The zero-order chi connectivity index (χ0) is 17.1. The van der Waals surface area contributed by atoms with Crippen molar-refractivity contribution in [3.63, 3.8) is 0 Å². The summed E-state index contributed by atoms with van der Waals surface area (Å²) in [5.74, 6) is 2.03. The number of hydrogen-bond acceptors (Lipinski definition) is 5. The van der Waals surface area contributed by atoms with E-state index in [2.05, 4.69) is 34.6 Å². The molecule has 1 aromatic carbocycles. The molecule has 0 aliphatic carbocycles. The van der Waals surface area contributed by atoms with Crippen molar-refractivity contribution in [3.8, 4) is 0 Å². The van der Waals surface area contributed by atoms with Gasteiger partial charge in [0.15, 0.2) is 0 Å². The van der Waals surface area contributed by atoms with Crippen molar-refractivity contribution >= 4 is 17.7 Å². The summed E-state index contributed by atoms with van der Waals surface area (Å²) in [4.78, 5) is 14.5. The first kappa shape index (κ1) is 16.6. The highest BCUT2D eigenvalue weighted by Crippen LogP contribution is 2.30. The molecule has 1 saturated heterocycles. The number of amides is 1. The number of ether oxygens (including phenoxy) is 1. The predicted molar refractivity (Wildman–Crippen MR) is 96.1 cm³/mol. The van der Waals surface area contributed by atoms with Gasteiger partial charge >= 0.3 is 0 Å². The molecular formula is C18H22N4O2S. The number of piperidine rings is 1. The quantitative estimate of drug-likeness (QED) is 0.768. The van der Waals surface area contributed by atoms with E-state index in [-0.39, 0.29) is 18.1 Å². The monoisotopic (exact) mass is 358 g/mol. The lowest BCUT2D eigenvalue weighted by Gasteiger charge is -2.41. The Kier molecular flexibility index (Phi) is 5.03. The fourth-order valence-corrected chi connectivity index (χ4v) is 4.38. The first-order chi connectivity index (χ1) is 12.3. The van der Waals surface area contributed by atoms with E-state index in [9.17, 15) is 4.79 Å². The van der Waals surface area contributed by atoms with E-state index in [1.54, 1.807) is 6.20 Å². The molecule has 2 aromatic rings. The van der Waals surface area contributed by atoms with Crippen molar-refractivity contribution in [3.05, 3.63) is 47.8 Å². The van der Waals surface area contributed by atoms with E-state index in [1.807, 2.05) is 27.4 Å². The van der Waals surface area contributed by atoms with Gasteiger partial charge in [-0.2, -0.15) is 11.8 Å². The highest BCUT2D eigenvalue weighted by atomic mass is 32.2. The summed E-state index contributed by atoms with van der Waals surface area (Å²) in [6.07, 6.45) is 3.34. The lowest BCUT2D eigenvalue weighted by atomic mass is 10.00. The second kappa shape index (κ2) is 7.58. The van der Waals surface area contributed by atoms with Crippen LogP contribution in [-0.2, 0) is 21.9 Å². The first-order valence-electron chi connectivity index (χ1n) is 8.71. The third kappa shape index (κ3) is 3.72. The first-order valence-corrected chi connectivity index (χ1v) is 9.87. The molecule has 0 spiro atoms. The molecule has 2 aliphatic rings. The molecule has 25 heavy (non-hydrogen) atoms. The highest BCUT2D eigenvalue weighted by Gasteiger charge is 2.37. The zero-order valence-electron chi connectivity index (χ0n) is 14.1. The Bertz CT molecular complexity index is 721. The minimum Gasteiger partial charge on any atom is -0.370 e. The van der Waals surface area contributed by atoms with Crippen LogP contribution < -0.4 is 0 Å². The van der Waals surface area contributed by atoms with E-state index in [1.165, 1.54) is 5.56 Å². The summed E-state index contributed by atoms with van der Waals surface area (Å²) in [5.41, 5.74) is 2.30. The van der Waals surface area contributed by atoms with Gasteiger partial charge in [0, 0.05) is 31.0 Å². The number of aromatic nitrogens is 3. The summed E-state index contributed by atoms with van der Waals surface area (Å²) in [6.45, 7) is 2.01. The van der Waals surface area contributed by atoms with Gasteiger partial charge in [-0.25, -0.2) is 4.68 Å². The van der Waals surface area contributed by atoms with Crippen LogP contribution in [0.2, 0.25) is 0 Å². The number of nitrogens with zero attached hydrogens (tertiary/aromatic N) is 4. The Morgan fingerprint density at radius 2 is 2.20 bits per heavy atom. The SMILES string of the molecule is O=C(CCSCc1ccccc1)N1CC[C@@H]2OCc3cnnn3[C@@H]2C1. The molecule has 0 bridgehead atoms. The number of fused-ring (bicyclic) bond motifs is 3. The molecule has 3 heterocycles. The third-order valence-corrected chi connectivity index (χ3v) is 5.88. The second-order valence-corrected chi connectivity index (χ2v) is 7.61. The largest absolute Gasteiger partial charge is 0.370 e. The minimum atomic E-state index is 0.0981. The molecule has 4 rings (SSSR count). The minimum absolute atomic E-state index is 0.0981. The molecule has 0 N–H and O–H groups in total. The van der Waals surface area contributed by atoms with Gasteiger partial charge in [-0.05, 0) is 12.0 Å². The maximum Gasteiger partial charge on any atom is 0.223 e. The molecule has 0 saturated carbocycles. The van der Waals surface area contributed by atoms with Gasteiger partial charge in [-0.15, -0.1) is 5.10 Å². The van der Waals surface area contributed by atoms with Gasteiger partial charge in [-0.3, -0.25) is 4.79 Å². The van der Waals surface area contributed by atoms with E-state index in [4.69, 9.17) is 4.74 Å². The van der Waals surface area contributed by atoms with Gasteiger partial charge in [0.1, 0.15) is 0 Å². The van der Waals surface area contributed by atoms with Crippen molar-refractivity contribution < 1.29 is 9.53 Å². The van der Waals surface area contributed by atoms with E-state index < -0.39 is 0 Å². The standard InChI is InChI=1S/C18H22N4O2S/c23-18(7-9-25-13-14-4-2-1-3-5-14)21-8-6-17-16(11-21)22-15(12-24-17)10-19-20-22/h1-5,10,16-17H,6-9,11-13H2/t16-,17+/m1/s1. The highest BCUT2D eigenvalue weighted by molar-refractivity contribution is 7.98. The summed E-state index contributed by atoms with van der Waals surface area (Å²) >= 11 is 1.81. The Labute approximate surface area is 151 Å².